The number of nitrogens with zero attached hydrogens (tertiary/aromatic N) is 3. The van der Waals surface area contributed by atoms with E-state index < -0.39 is 12.7 Å². The predicted octanol–water partition coefficient (Wildman–Crippen LogP) is 6.40. The van der Waals surface area contributed by atoms with Gasteiger partial charge in [-0.25, -0.2) is 0 Å². The number of nitrogens with one attached hydrogen (secondary N) is 2. The molecule has 0 atom stereocenters. The SMILES string of the molecule is CN1CC[N-]CC1.COc1cc(SC)ccc1NCC#Cc1cc2c([NH-])cccc2n1CC(F)(F)F.OO.[Y]. The Balaban J connectivity index is 0.000000652. The van der Waals surface area contributed by atoms with Crippen LogP contribution in [0.25, 0.3) is 22.0 Å². The number of hydrogen-bond acceptors (Lipinski definition) is 6. The minimum atomic E-state index is -4.38. The fourth-order valence-corrected chi connectivity index (χ4v) is 4.09. The number of anilines is 1. The molecular formula is C26H32F3N5O3SY-2. The second kappa shape index (κ2) is 17.7. The van der Waals surface area contributed by atoms with Crippen molar-refractivity contribution in [2.45, 2.75) is 17.6 Å². The molecule has 2 heterocycles. The number of alkyl halides is 3. The molecule has 1 aromatic heterocycles. The minimum absolute atomic E-state index is 0. The number of fused-ring (bicyclic) bond motifs is 1. The molecule has 0 aliphatic carbocycles. The summed E-state index contributed by atoms with van der Waals surface area (Å²) in [6.07, 6.45) is -2.42. The van der Waals surface area contributed by atoms with Crippen molar-refractivity contribution in [3.8, 4) is 17.6 Å². The third-order valence-corrected chi connectivity index (χ3v) is 6.28. The van der Waals surface area contributed by atoms with Gasteiger partial charge in [-0.05, 0) is 68.0 Å². The average molecular weight is 641 g/mol. The number of piperazine rings is 1. The van der Waals surface area contributed by atoms with Crippen LogP contribution in [0.2, 0.25) is 0 Å². The predicted molar refractivity (Wildman–Crippen MR) is 148 cm³/mol. The second-order valence-corrected chi connectivity index (χ2v) is 9.04. The van der Waals surface area contributed by atoms with Crippen molar-refractivity contribution in [1.82, 2.24) is 9.47 Å². The number of likely N-dealkylation sites (N-methyl/N-ethyl adjacent to an activating group) is 1. The molecule has 13 heteroatoms. The molecular weight excluding hydrogens is 608 g/mol. The average Bonchev–Trinajstić information content (AvgIpc) is 3.25. The monoisotopic (exact) mass is 640 g/mol. The van der Waals surface area contributed by atoms with Gasteiger partial charge >= 0.3 is 6.18 Å². The third kappa shape index (κ3) is 11.2. The summed E-state index contributed by atoms with van der Waals surface area (Å²) in [4.78, 5) is 3.36. The Bertz CT molecular complexity index is 1230. The molecule has 1 fully saturated rings. The summed E-state index contributed by atoms with van der Waals surface area (Å²) in [5.74, 6) is 6.34. The molecule has 0 bridgehead atoms. The molecule has 1 radical (unpaired) electrons. The number of benzene rings is 2. The first kappa shape index (κ1) is 35.1. The van der Waals surface area contributed by atoms with E-state index in [1.165, 1.54) is 6.07 Å². The standard InChI is InChI=1S/C21H19F3N3OS.C5H11N2.H2O2.Y/c1-28-20-12-15(29-2)8-9-18(20)26-10-4-5-14-11-16-17(25)6-3-7-19(16)27(14)13-21(22,23)24;1-7-4-2-6-3-5-7;1-2;/h3,6-9,11-12,25-26H,10,13H2,1-2H3;2-5H2,1H3;1-2H;/q2*-1;;. The van der Waals surface area contributed by atoms with Gasteiger partial charge in [-0.2, -0.15) is 13.2 Å². The number of thioether (sulfide) groups is 1. The van der Waals surface area contributed by atoms with E-state index in [4.69, 9.17) is 21.0 Å². The van der Waals surface area contributed by atoms with Gasteiger partial charge in [0.2, 0.25) is 0 Å². The quantitative estimate of drug-likeness (QED) is 0.129. The molecule has 4 N–H and O–H groups in total. The van der Waals surface area contributed by atoms with E-state index >= 15 is 0 Å². The maximum Gasteiger partial charge on any atom is 0.406 e. The second-order valence-electron chi connectivity index (χ2n) is 8.16. The summed E-state index contributed by atoms with van der Waals surface area (Å²) in [5.41, 5.74) is 9.43. The zero-order valence-corrected chi connectivity index (χ0v) is 25.7. The maximum atomic E-state index is 13.0. The molecule has 1 saturated heterocycles. The van der Waals surface area contributed by atoms with Crippen molar-refractivity contribution in [2.24, 2.45) is 0 Å². The van der Waals surface area contributed by atoms with Gasteiger partial charge in [0.15, 0.2) is 0 Å². The molecule has 0 unspecified atom stereocenters. The first-order chi connectivity index (χ1) is 18.2. The molecule has 211 valence electrons. The van der Waals surface area contributed by atoms with E-state index in [-0.39, 0.29) is 50.6 Å². The molecule has 39 heavy (non-hydrogen) atoms. The number of methoxy groups -OCH3 is 1. The van der Waals surface area contributed by atoms with Crippen molar-refractivity contribution in [3.63, 3.8) is 0 Å². The summed E-state index contributed by atoms with van der Waals surface area (Å²) in [6, 6.07) is 11.9. The number of rotatable bonds is 5. The van der Waals surface area contributed by atoms with Gasteiger partial charge in [0.05, 0.1) is 25.0 Å². The number of ether oxygens (including phenoxy) is 1. The number of aromatic nitrogens is 1. The van der Waals surface area contributed by atoms with Crippen molar-refractivity contribution in [3.05, 3.63) is 59.2 Å². The van der Waals surface area contributed by atoms with Crippen molar-refractivity contribution >= 4 is 34.0 Å². The van der Waals surface area contributed by atoms with Crippen LogP contribution in [-0.4, -0.2) is 79.3 Å². The summed E-state index contributed by atoms with van der Waals surface area (Å²) in [7, 11) is 3.71. The zero-order chi connectivity index (χ0) is 28.1. The van der Waals surface area contributed by atoms with Gasteiger partial charge < -0.3 is 30.6 Å². The first-order valence-electron chi connectivity index (χ1n) is 11.6. The molecule has 0 saturated carbocycles. The van der Waals surface area contributed by atoms with E-state index in [2.05, 4.69) is 34.4 Å². The Labute approximate surface area is 256 Å². The third-order valence-electron chi connectivity index (χ3n) is 5.56. The molecule has 1 aliphatic heterocycles. The molecule has 1 aliphatic rings. The van der Waals surface area contributed by atoms with Gasteiger partial charge in [0.1, 0.15) is 12.3 Å². The van der Waals surface area contributed by atoms with E-state index in [9.17, 15) is 13.2 Å². The number of hydrogen-bond donors (Lipinski definition) is 3. The molecule has 3 aromatic rings. The van der Waals surface area contributed by atoms with Gasteiger partial charge in [-0.1, -0.05) is 18.1 Å². The van der Waals surface area contributed by atoms with Crippen LogP contribution in [0.4, 0.5) is 24.5 Å². The van der Waals surface area contributed by atoms with Crippen LogP contribution in [0.15, 0.2) is 47.4 Å². The maximum absolute atomic E-state index is 13.0. The molecule has 2 aromatic carbocycles. The summed E-state index contributed by atoms with van der Waals surface area (Å²) >= 11 is 1.60. The smallest absolute Gasteiger partial charge is 0.406 e. The fraction of sp³-hybridized carbons (Fsp3) is 0.385. The fourth-order valence-electron chi connectivity index (χ4n) is 3.66. The van der Waals surface area contributed by atoms with Gasteiger partial charge in [-0.15, -0.1) is 30.5 Å². The van der Waals surface area contributed by atoms with Gasteiger partial charge in [-0.3, -0.25) is 10.5 Å². The molecule has 4 rings (SSSR count). The van der Waals surface area contributed by atoms with E-state index in [1.54, 1.807) is 37.1 Å². The largest absolute Gasteiger partial charge is 0.698 e. The number of halogens is 3. The van der Waals surface area contributed by atoms with Gasteiger partial charge in [0, 0.05) is 43.1 Å². The van der Waals surface area contributed by atoms with Crippen LogP contribution < -0.4 is 10.1 Å². The van der Waals surface area contributed by atoms with Crippen molar-refractivity contribution in [1.29, 1.82) is 0 Å². The Morgan fingerprint density at radius 1 is 1.15 bits per heavy atom. The Kier molecular flexibility index (Phi) is 15.9. The van der Waals surface area contributed by atoms with Gasteiger partial charge in [0.25, 0.3) is 0 Å². The van der Waals surface area contributed by atoms with E-state index in [0.29, 0.717) is 16.7 Å². The normalized spacial score (nSPS) is 13.0. The van der Waals surface area contributed by atoms with E-state index in [0.717, 1.165) is 41.3 Å². The van der Waals surface area contributed by atoms with Crippen LogP contribution in [-0.2, 0) is 39.3 Å². The zero-order valence-electron chi connectivity index (χ0n) is 22.0. The summed E-state index contributed by atoms with van der Waals surface area (Å²) < 4.78 is 45.6. The van der Waals surface area contributed by atoms with Crippen molar-refractivity contribution in [2.75, 3.05) is 58.5 Å². The summed E-state index contributed by atoms with van der Waals surface area (Å²) in [6.45, 7) is 3.46. The van der Waals surface area contributed by atoms with E-state index in [1.807, 2.05) is 24.5 Å². The topological polar surface area (TPSA) is 108 Å². The Morgan fingerprint density at radius 2 is 1.85 bits per heavy atom. The van der Waals surface area contributed by atoms with Crippen LogP contribution in [0.3, 0.4) is 0 Å². The Hall–Kier alpha value is -1.98. The summed E-state index contributed by atoms with van der Waals surface area (Å²) in [5, 5.41) is 19.8. The molecule has 0 spiro atoms. The molecule has 0 amide bonds. The Morgan fingerprint density at radius 3 is 2.41 bits per heavy atom. The first-order valence-corrected chi connectivity index (χ1v) is 12.8. The van der Waals surface area contributed by atoms with Crippen LogP contribution in [0.1, 0.15) is 5.69 Å². The van der Waals surface area contributed by atoms with Crippen LogP contribution >= 0.6 is 11.8 Å². The molecule has 8 nitrogen and oxygen atoms in total. The minimum Gasteiger partial charge on any atom is -0.698 e. The van der Waals surface area contributed by atoms with Crippen LogP contribution in [0.5, 0.6) is 5.75 Å². The van der Waals surface area contributed by atoms with Crippen LogP contribution in [0, 0.1) is 11.8 Å². The van der Waals surface area contributed by atoms with Crippen molar-refractivity contribution < 1.29 is 61.1 Å².